The Labute approximate surface area is 169 Å². The number of ether oxygens (including phenoxy) is 1. The Kier molecular flexibility index (Phi) is 7.18. The van der Waals surface area contributed by atoms with Gasteiger partial charge in [0.05, 0.1) is 31.2 Å². The summed E-state index contributed by atoms with van der Waals surface area (Å²) < 4.78 is 5.31. The molecule has 0 aromatic carbocycles. The van der Waals surface area contributed by atoms with E-state index in [9.17, 15) is 9.90 Å². The van der Waals surface area contributed by atoms with Gasteiger partial charge >= 0.3 is 0 Å². The lowest BCUT2D eigenvalue weighted by Crippen LogP contribution is -2.35. The van der Waals surface area contributed by atoms with Crippen molar-refractivity contribution in [1.82, 2.24) is 14.9 Å². The van der Waals surface area contributed by atoms with Crippen molar-refractivity contribution in [2.24, 2.45) is 5.92 Å². The Bertz CT molecular complexity index is 889. The standard InChI is InChI=1S/C21H29N3O3S/c1-4-8-24(11-15(25)13-27-9-5-2)12-18-22-20(26)19-16-7-6-14(3)10-17(16)28-21(19)23-18/h4-5,14-15,25H,1-2,6-13H2,3H3,(H,22,23,26). The van der Waals surface area contributed by atoms with Crippen LogP contribution >= 0.6 is 11.3 Å². The van der Waals surface area contributed by atoms with Crippen LogP contribution in [-0.4, -0.2) is 52.4 Å². The van der Waals surface area contributed by atoms with Crippen LogP contribution in [-0.2, 0) is 24.1 Å². The molecule has 0 aliphatic heterocycles. The molecule has 0 radical (unpaired) electrons. The van der Waals surface area contributed by atoms with Gasteiger partial charge in [-0.05, 0) is 30.7 Å². The first kappa shape index (κ1) is 20.9. The number of hydrogen-bond donors (Lipinski definition) is 2. The number of nitrogens with zero attached hydrogens (tertiary/aromatic N) is 2. The smallest absolute Gasteiger partial charge is 0.259 e. The van der Waals surface area contributed by atoms with Crippen LogP contribution in [0.5, 0.6) is 0 Å². The summed E-state index contributed by atoms with van der Waals surface area (Å²) in [6.45, 7) is 11.7. The van der Waals surface area contributed by atoms with Gasteiger partial charge in [0.1, 0.15) is 10.7 Å². The maximum atomic E-state index is 12.7. The highest BCUT2D eigenvalue weighted by atomic mass is 32.1. The molecule has 0 bridgehead atoms. The predicted octanol–water partition coefficient (Wildman–Crippen LogP) is 2.66. The molecule has 2 aromatic rings. The lowest BCUT2D eigenvalue weighted by atomic mass is 9.89. The van der Waals surface area contributed by atoms with Crippen molar-refractivity contribution in [2.45, 2.75) is 38.8 Å². The van der Waals surface area contributed by atoms with Crippen LogP contribution in [0.2, 0.25) is 0 Å². The fourth-order valence-electron chi connectivity index (χ4n) is 3.70. The molecule has 0 fully saturated rings. The van der Waals surface area contributed by atoms with Crippen molar-refractivity contribution in [3.8, 4) is 0 Å². The molecule has 152 valence electrons. The van der Waals surface area contributed by atoms with Crippen molar-refractivity contribution in [3.05, 3.63) is 51.9 Å². The third-order valence-corrected chi connectivity index (χ3v) is 6.14. The molecular formula is C21H29N3O3S. The quantitative estimate of drug-likeness (QED) is 0.471. The summed E-state index contributed by atoms with van der Waals surface area (Å²) in [7, 11) is 0. The second-order valence-electron chi connectivity index (χ2n) is 7.51. The number of fused-ring (bicyclic) bond motifs is 3. The number of nitrogens with one attached hydrogen (secondary N) is 1. The van der Waals surface area contributed by atoms with Gasteiger partial charge < -0.3 is 14.8 Å². The molecule has 2 heterocycles. The van der Waals surface area contributed by atoms with Crippen LogP contribution in [0, 0.1) is 5.92 Å². The number of aryl methyl sites for hydroxylation is 1. The number of aliphatic hydroxyl groups excluding tert-OH is 1. The Hall–Kier alpha value is -1.80. The van der Waals surface area contributed by atoms with E-state index in [1.54, 1.807) is 23.5 Å². The van der Waals surface area contributed by atoms with Crippen molar-refractivity contribution in [3.63, 3.8) is 0 Å². The number of hydrogen-bond acceptors (Lipinski definition) is 6. The molecule has 2 aromatic heterocycles. The van der Waals surface area contributed by atoms with Gasteiger partial charge in [-0.1, -0.05) is 19.1 Å². The van der Waals surface area contributed by atoms with Crippen LogP contribution in [0.15, 0.2) is 30.1 Å². The average molecular weight is 404 g/mol. The van der Waals surface area contributed by atoms with E-state index in [1.807, 2.05) is 4.90 Å². The third kappa shape index (κ3) is 4.97. The van der Waals surface area contributed by atoms with Gasteiger partial charge in [-0.15, -0.1) is 24.5 Å². The Morgan fingerprint density at radius 3 is 3.04 bits per heavy atom. The number of aromatic nitrogens is 2. The highest BCUT2D eigenvalue weighted by Gasteiger charge is 2.23. The molecule has 2 atom stereocenters. The molecule has 3 rings (SSSR count). The fourth-order valence-corrected chi connectivity index (χ4v) is 5.11. The molecule has 0 amide bonds. The number of aliphatic hydroxyl groups is 1. The predicted molar refractivity (Wildman–Crippen MR) is 114 cm³/mol. The summed E-state index contributed by atoms with van der Waals surface area (Å²) >= 11 is 1.65. The zero-order valence-electron chi connectivity index (χ0n) is 16.4. The molecule has 28 heavy (non-hydrogen) atoms. The molecular weight excluding hydrogens is 374 g/mol. The third-order valence-electron chi connectivity index (χ3n) is 4.99. The molecule has 1 aliphatic carbocycles. The van der Waals surface area contributed by atoms with Crippen LogP contribution in [0.25, 0.3) is 10.2 Å². The van der Waals surface area contributed by atoms with Gasteiger partial charge in [0, 0.05) is 18.0 Å². The maximum absolute atomic E-state index is 12.7. The van der Waals surface area contributed by atoms with E-state index in [1.165, 1.54) is 10.4 Å². The first-order valence-electron chi connectivity index (χ1n) is 9.75. The highest BCUT2D eigenvalue weighted by Crippen LogP contribution is 2.35. The van der Waals surface area contributed by atoms with Crippen LogP contribution in [0.3, 0.4) is 0 Å². The van der Waals surface area contributed by atoms with Crippen LogP contribution < -0.4 is 5.56 Å². The lowest BCUT2D eigenvalue weighted by molar-refractivity contribution is 0.0265. The van der Waals surface area contributed by atoms with E-state index in [4.69, 9.17) is 9.72 Å². The molecule has 7 heteroatoms. The topological polar surface area (TPSA) is 78.5 Å². The molecule has 0 saturated carbocycles. The molecule has 0 spiro atoms. The van der Waals surface area contributed by atoms with Crippen molar-refractivity contribution >= 4 is 21.6 Å². The summed E-state index contributed by atoms with van der Waals surface area (Å²) in [5.41, 5.74) is 1.14. The van der Waals surface area contributed by atoms with Crippen molar-refractivity contribution < 1.29 is 9.84 Å². The fraction of sp³-hybridized carbons (Fsp3) is 0.524. The van der Waals surface area contributed by atoms with Gasteiger partial charge in [-0.25, -0.2) is 4.98 Å². The Morgan fingerprint density at radius 1 is 1.46 bits per heavy atom. The van der Waals surface area contributed by atoms with E-state index in [2.05, 4.69) is 25.1 Å². The number of rotatable bonds is 10. The van der Waals surface area contributed by atoms with Gasteiger partial charge in [0.2, 0.25) is 0 Å². The largest absolute Gasteiger partial charge is 0.389 e. The molecule has 6 nitrogen and oxygen atoms in total. The minimum Gasteiger partial charge on any atom is -0.389 e. The van der Waals surface area contributed by atoms with E-state index in [0.29, 0.717) is 38.0 Å². The summed E-state index contributed by atoms with van der Waals surface area (Å²) in [4.78, 5) is 24.6. The summed E-state index contributed by atoms with van der Waals surface area (Å²) in [5.74, 6) is 1.28. The SMILES string of the molecule is C=CCOCC(O)CN(CC=C)Cc1nc2sc3c(c2c(=O)[nH]1)CCC(C)C3. The first-order valence-corrected chi connectivity index (χ1v) is 10.6. The molecule has 2 N–H and O–H groups in total. The Balaban J connectivity index is 1.77. The Morgan fingerprint density at radius 2 is 2.29 bits per heavy atom. The van der Waals surface area contributed by atoms with E-state index >= 15 is 0 Å². The van der Waals surface area contributed by atoms with E-state index < -0.39 is 6.10 Å². The highest BCUT2D eigenvalue weighted by molar-refractivity contribution is 7.18. The number of H-pyrrole nitrogens is 1. The van der Waals surface area contributed by atoms with Crippen LogP contribution in [0.4, 0.5) is 0 Å². The summed E-state index contributed by atoms with van der Waals surface area (Å²) in [5, 5.41) is 11.0. The van der Waals surface area contributed by atoms with Gasteiger partial charge in [0.15, 0.2) is 0 Å². The second kappa shape index (κ2) is 9.60. The van der Waals surface area contributed by atoms with Crippen molar-refractivity contribution in [2.75, 3.05) is 26.3 Å². The monoisotopic (exact) mass is 403 g/mol. The normalized spacial score (nSPS) is 17.6. The van der Waals surface area contributed by atoms with E-state index in [-0.39, 0.29) is 12.2 Å². The van der Waals surface area contributed by atoms with Gasteiger partial charge in [-0.2, -0.15) is 0 Å². The summed E-state index contributed by atoms with van der Waals surface area (Å²) in [6, 6.07) is 0. The molecule has 0 saturated heterocycles. The average Bonchev–Trinajstić information content (AvgIpc) is 2.99. The van der Waals surface area contributed by atoms with Gasteiger partial charge in [-0.3, -0.25) is 9.69 Å². The van der Waals surface area contributed by atoms with Crippen LogP contribution in [0.1, 0.15) is 29.6 Å². The minimum absolute atomic E-state index is 0.0551. The van der Waals surface area contributed by atoms with Crippen molar-refractivity contribution in [1.29, 1.82) is 0 Å². The number of thiophene rings is 1. The first-order chi connectivity index (χ1) is 13.5. The lowest BCUT2D eigenvalue weighted by Gasteiger charge is -2.23. The van der Waals surface area contributed by atoms with Gasteiger partial charge in [0.25, 0.3) is 5.56 Å². The zero-order valence-corrected chi connectivity index (χ0v) is 17.3. The minimum atomic E-state index is -0.633. The van der Waals surface area contributed by atoms with E-state index in [0.717, 1.165) is 29.5 Å². The maximum Gasteiger partial charge on any atom is 0.259 e. The second-order valence-corrected chi connectivity index (χ2v) is 8.59. The molecule has 2 unspecified atom stereocenters. The zero-order chi connectivity index (χ0) is 20.1. The summed E-state index contributed by atoms with van der Waals surface area (Å²) in [6.07, 6.45) is 5.91. The molecule has 1 aliphatic rings. The number of aromatic amines is 1.